The molecule has 0 amide bonds. The Morgan fingerprint density at radius 1 is 0.600 bits per heavy atom. The van der Waals surface area contributed by atoms with E-state index in [1.807, 2.05) is 0 Å². The molecule has 0 saturated heterocycles. The molecule has 0 aliphatic carbocycles. The summed E-state index contributed by atoms with van der Waals surface area (Å²) in [6.07, 6.45) is 0. The molecule has 31 valence electrons. The van der Waals surface area contributed by atoms with Crippen LogP contribution in [0.4, 0.5) is 0 Å². The summed E-state index contributed by atoms with van der Waals surface area (Å²) in [7, 11) is 0. The van der Waals surface area contributed by atoms with Crippen LogP contribution >= 0.6 is 0 Å². The zero-order valence-corrected chi connectivity index (χ0v) is 6.97. The largest absolute Gasteiger partial charge is 2.00 e. The van der Waals surface area contributed by atoms with Crippen molar-refractivity contribution in [1.29, 1.82) is 0 Å². The molecule has 1 radical (unpaired) electrons. The molecule has 0 heterocycles. The molecule has 0 aliphatic rings. The minimum Gasteiger partial charge on any atom is -2.00 e. The molecule has 5 heteroatoms. The van der Waals surface area contributed by atoms with Crippen molar-refractivity contribution in [3.05, 3.63) is 0 Å². The molecule has 0 unspecified atom stereocenters. The minimum atomic E-state index is 0. The number of hydrogen-bond acceptors (Lipinski definition) is 0. The Labute approximate surface area is 77.8 Å². The van der Waals surface area contributed by atoms with Crippen molar-refractivity contribution in [2.75, 3.05) is 0 Å². The maximum Gasteiger partial charge on any atom is 2.00 e. The van der Waals surface area contributed by atoms with Crippen LogP contribution in [0.25, 0.3) is 0 Å². The van der Waals surface area contributed by atoms with Crippen LogP contribution in [-0.2, 0) is 33.5 Å². The van der Waals surface area contributed by atoms with E-state index in [0.717, 1.165) is 0 Å². The Bertz CT molecular complexity index is 6.85. The molecule has 0 aromatic carbocycles. The summed E-state index contributed by atoms with van der Waals surface area (Å²) in [6.45, 7) is 0. The average Bonchev–Trinajstić information content (AvgIpc) is 0. The van der Waals surface area contributed by atoms with Crippen molar-refractivity contribution in [2.45, 2.75) is 0 Å². The first-order valence-electron chi connectivity index (χ1n) is 0. The summed E-state index contributed by atoms with van der Waals surface area (Å²) in [5.74, 6) is 0. The van der Waals surface area contributed by atoms with Crippen LogP contribution in [-0.4, -0.2) is 45.5 Å². The van der Waals surface area contributed by atoms with Crippen LogP contribution in [0.5, 0.6) is 0 Å². The first-order chi connectivity index (χ1) is 0. The molecule has 0 aromatic heterocycles. The predicted molar refractivity (Wildman–Crippen MR) is 7.81 cm³/mol. The number of rotatable bonds is 0. The molecular weight excluding hydrogens is 191 g/mol. The molecule has 3 nitrogen and oxygen atoms in total. The molecule has 0 saturated carbocycles. The molecule has 0 rings (SSSR count). The maximum absolute atomic E-state index is 0. The quantitative estimate of drug-likeness (QED) is 0.451. The van der Waals surface area contributed by atoms with E-state index in [2.05, 4.69) is 0 Å². The van der Waals surface area contributed by atoms with E-state index in [4.69, 9.17) is 0 Å². The Morgan fingerprint density at radius 2 is 0.600 bits per heavy atom. The van der Waals surface area contributed by atoms with Crippen LogP contribution in [0.2, 0.25) is 0 Å². The zero-order valence-electron chi connectivity index (χ0n) is 2.31. The fourth-order valence-corrected chi connectivity index (χ4v) is 0. The SMILES string of the molecule is [Mn].[O-2].[O-2].[O-2].[Sr+2]. The summed E-state index contributed by atoms with van der Waals surface area (Å²) in [5.41, 5.74) is 0. The molecule has 0 bridgehead atoms. The van der Waals surface area contributed by atoms with E-state index < -0.39 is 0 Å². The minimum absolute atomic E-state index is 0. The Kier molecular flexibility index (Phi) is 533. The zero-order chi connectivity index (χ0) is 0. The van der Waals surface area contributed by atoms with Crippen LogP contribution in [0.15, 0.2) is 0 Å². The second-order valence-corrected chi connectivity index (χ2v) is 0. The smallest absolute Gasteiger partial charge is 2.00 e. The third-order valence-electron chi connectivity index (χ3n) is 0. The third kappa shape index (κ3) is 25.0. The van der Waals surface area contributed by atoms with Gasteiger partial charge in [-0.15, -0.1) is 0 Å². The second kappa shape index (κ2) is 39.6. The van der Waals surface area contributed by atoms with Gasteiger partial charge in [0, 0.05) is 17.1 Å². The molecule has 5 heavy (non-hydrogen) atoms. The van der Waals surface area contributed by atoms with Crippen LogP contribution in [0.1, 0.15) is 0 Å². The van der Waals surface area contributed by atoms with Gasteiger partial charge in [0.15, 0.2) is 0 Å². The fourth-order valence-electron chi connectivity index (χ4n) is 0. The van der Waals surface area contributed by atoms with Crippen LogP contribution in [0, 0.1) is 0 Å². The normalized spacial score (nSPS) is 0. The van der Waals surface area contributed by atoms with Crippen molar-refractivity contribution in [3.63, 3.8) is 0 Å². The van der Waals surface area contributed by atoms with Crippen molar-refractivity contribution in [2.24, 2.45) is 0 Å². The Morgan fingerprint density at radius 3 is 0.600 bits per heavy atom. The molecule has 0 aliphatic heterocycles. The van der Waals surface area contributed by atoms with Gasteiger partial charge >= 0.3 is 45.5 Å². The van der Waals surface area contributed by atoms with Gasteiger partial charge in [0.2, 0.25) is 0 Å². The van der Waals surface area contributed by atoms with Gasteiger partial charge in [-0.1, -0.05) is 0 Å². The van der Waals surface area contributed by atoms with E-state index in [9.17, 15) is 0 Å². The van der Waals surface area contributed by atoms with Gasteiger partial charge in [-0.05, 0) is 0 Å². The van der Waals surface area contributed by atoms with E-state index in [1.54, 1.807) is 0 Å². The molecule has 0 spiro atoms. The predicted octanol–water partition coefficient (Wildman–Crippen LogP) is -0.740. The van der Waals surface area contributed by atoms with E-state index >= 15 is 0 Å². The van der Waals surface area contributed by atoms with E-state index in [0.29, 0.717) is 0 Å². The topological polar surface area (TPSA) is 85.5 Å². The van der Waals surface area contributed by atoms with Gasteiger partial charge in [-0.25, -0.2) is 0 Å². The summed E-state index contributed by atoms with van der Waals surface area (Å²) >= 11 is 0. The summed E-state index contributed by atoms with van der Waals surface area (Å²) in [6, 6.07) is 0. The van der Waals surface area contributed by atoms with Gasteiger partial charge in [0.25, 0.3) is 0 Å². The average molecular weight is 191 g/mol. The van der Waals surface area contributed by atoms with Gasteiger partial charge in [-0.2, -0.15) is 0 Å². The van der Waals surface area contributed by atoms with Crippen molar-refractivity contribution < 1.29 is 33.5 Å². The van der Waals surface area contributed by atoms with Gasteiger partial charge in [0.05, 0.1) is 0 Å². The summed E-state index contributed by atoms with van der Waals surface area (Å²) in [4.78, 5) is 0. The molecule has 0 aromatic rings. The third-order valence-corrected chi connectivity index (χ3v) is 0. The Balaban J connectivity index is 0. The van der Waals surface area contributed by atoms with Crippen molar-refractivity contribution in [3.8, 4) is 0 Å². The standard InChI is InChI=1S/Mn.3O.Sr/q;3*-2;+2. The second-order valence-electron chi connectivity index (χ2n) is 0. The first-order valence-corrected chi connectivity index (χ1v) is 0. The van der Waals surface area contributed by atoms with Gasteiger partial charge < -0.3 is 16.4 Å². The summed E-state index contributed by atoms with van der Waals surface area (Å²) in [5, 5.41) is 0. The summed E-state index contributed by atoms with van der Waals surface area (Å²) < 4.78 is 0. The molecule has 0 N–H and O–H groups in total. The number of hydrogen-bond donors (Lipinski definition) is 0. The van der Waals surface area contributed by atoms with E-state index in [-0.39, 0.29) is 79.0 Å². The van der Waals surface area contributed by atoms with E-state index in [1.165, 1.54) is 0 Å². The van der Waals surface area contributed by atoms with Gasteiger partial charge in [-0.3, -0.25) is 0 Å². The van der Waals surface area contributed by atoms with Crippen LogP contribution in [0.3, 0.4) is 0 Å². The molecule has 0 fully saturated rings. The first kappa shape index (κ1) is 67.3. The molecular formula is MnO3Sr-4. The monoisotopic (exact) mass is 191 g/mol. The fraction of sp³-hybridized carbons (Fsp3) is 0. The maximum atomic E-state index is 0. The Hall–Kier alpha value is 1.88. The van der Waals surface area contributed by atoms with Crippen molar-refractivity contribution in [1.82, 2.24) is 0 Å². The van der Waals surface area contributed by atoms with Gasteiger partial charge in [0.1, 0.15) is 0 Å². The van der Waals surface area contributed by atoms with Crippen LogP contribution < -0.4 is 0 Å². The molecule has 0 atom stereocenters. The van der Waals surface area contributed by atoms with Crippen molar-refractivity contribution >= 4 is 45.5 Å².